The highest BCUT2D eigenvalue weighted by atomic mass is 16.4. The summed E-state index contributed by atoms with van der Waals surface area (Å²) < 4.78 is 0. The van der Waals surface area contributed by atoms with Crippen LogP contribution in [0.15, 0.2) is 24.3 Å². The zero-order valence-corrected chi connectivity index (χ0v) is 33.1. The number of unbranched alkanes of at least 4 members (excludes halogenated alkanes) is 22. The number of carbonyl (C=O) groups is 3. The monoisotopic (exact) mass is 745 g/mol. The molecule has 10 heteroatoms. The van der Waals surface area contributed by atoms with E-state index in [4.69, 9.17) is 35.7 Å². The van der Waals surface area contributed by atoms with Gasteiger partial charge in [-0.25, -0.2) is 0 Å². The lowest BCUT2D eigenvalue weighted by atomic mass is 10.0. The van der Waals surface area contributed by atoms with Crippen LogP contribution in [0.2, 0.25) is 0 Å². The first-order valence-corrected chi connectivity index (χ1v) is 20.6. The summed E-state index contributed by atoms with van der Waals surface area (Å²) in [4.78, 5) is 30.5. The van der Waals surface area contributed by atoms with Crippen molar-refractivity contribution in [3.05, 3.63) is 24.3 Å². The van der Waals surface area contributed by atoms with E-state index in [0.717, 1.165) is 25.7 Å². The lowest BCUT2D eigenvalue weighted by molar-refractivity contribution is -0.138. The summed E-state index contributed by atoms with van der Waals surface area (Å²) in [7, 11) is 0. The van der Waals surface area contributed by atoms with Crippen molar-refractivity contribution in [2.24, 2.45) is 0 Å². The number of aliphatic carboxylic acids is 2. The molecular formula is C42H80O10. The van der Waals surface area contributed by atoms with Crippen molar-refractivity contribution in [1.82, 2.24) is 0 Å². The molecule has 10 nitrogen and oxygen atoms in total. The van der Waals surface area contributed by atoms with Gasteiger partial charge in [0.15, 0.2) is 6.29 Å². The van der Waals surface area contributed by atoms with Crippen LogP contribution in [0, 0.1) is 0 Å². The van der Waals surface area contributed by atoms with Gasteiger partial charge in [0.05, 0.1) is 6.61 Å². The van der Waals surface area contributed by atoms with E-state index in [9.17, 15) is 14.4 Å². The Morgan fingerprint density at radius 3 is 1.02 bits per heavy atom. The summed E-state index contributed by atoms with van der Waals surface area (Å²) in [5.74, 6) is -1.33. The summed E-state index contributed by atoms with van der Waals surface area (Å²) in [5, 5.41) is 60.6. The molecule has 0 aromatic carbocycles. The van der Waals surface area contributed by atoms with E-state index in [1.165, 1.54) is 141 Å². The number of hydrogen-bond acceptors (Lipinski definition) is 8. The third kappa shape index (κ3) is 45.9. The quantitative estimate of drug-likeness (QED) is 0.0187. The number of carbonyl (C=O) groups excluding carboxylic acids is 1. The van der Waals surface area contributed by atoms with Gasteiger partial charge < -0.3 is 40.5 Å². The lowest BCUT2D eigenvalue weighted by Gasteiger charge is -2.22. The highest BCUT2D eigenvalue weighted by molar-refractivity contribution is 5.66. The van der Waals surface area contributed by atoms with E-state index in [1.54, 1.807) is 0 Å². The van der Waals surface area contributed by atoms with Crippen molar-refractivity contribution in [3.8, 4) is 0 Å². The molecule has 0 aliphatic heterocycles. The molecule has 0 spiro atoms. The molecule has 0 rings (SSSR count). The van der Waals surface area contributed by atoms with E-state index in [2.05, 4.69) is 38.2 Å². The summed E-state index contributed by atoms with van der Waals surface area (Å²) in [6.45, 7) is 3.76. The first-order valence-electron chi connectivity index (χ1n) is 20.6. The molecule has 52 heavy (non-hydrogen) atoms. The number of rotatable bonds is 35. The molecule has 0 unspecified atom stereocenters. The molecule has 0 amide bonds. The number of carboxylic acids is 2. The molecule has 0 aromatic rings. The van der Waals surface area contributed by atoms with Gasteiger partial charge in [-0.3, -0.25) is 9.59 Å². The maximum Gasteiger partial charge on any atom is 0.303 e. The Balaban J connectivity index is -0.000000717. The number of aldehydes is 1. The van der Waals surface area contributed by atoms with Gasteiger partial charge in [0.2, 0.25) is 0 Å². The second-order valence-corrected chi connectivity index (χ2v) is 13.8. The van der Waals surface area contributed by atoms with Gasteiger partial charge in [-0.15, -0.1) is 0 Å². The van der Waals surface area contributed by atoms with Crippen molar-refractivity contribution in [2.75, 3.05) is 6.61 Å². The van der Waals surface area contributed by atoms with Crippen molar-refractivity contribution in [2.45, 2.75) is 218 Å². The van der Waals surface area contributed by atoms with E-state index in [0.29, 0.717) is 12.8 Å². The van der Waals surface area contributed by atoms with Crippen molar-refractivity contribution in [1.29, 1.82) is 0 Å². The summed E-state index contributed by atoms with van der Waals surface area (Å²) in [6.07, 6.45) is 35.6. The Morgan fingerprint density at radius 1 is 0.462 bits per heavy atom. The Morgan fingerprint density at radius 2 is 0.750 bits per heavy atom. The second kappa shape index (κ2) is 45.0. The summed E-state index contributed by atoms with van der Waals surface area (Å²) >= 11 is 0. The molecule has 0 saturated carbocycles. The largest absolute Gasteiger partial charge is 0.481 e. The number of carboxylic acid groups (broad SMARTS) is 2. The maximum atomic E-state index is 10.3. The van der Waals surface area contributed by atoms with Gasteiger partial charge in [0, 0.05) is 12.8 Å². The van der Waals surface area contributed by atoms with E-state index < -0.39 is 43.0 Å². The first-order chi connectivity index (χ1) is 25.1. The van der Waals surface area contributed by atoms with Crippen molar-refractivity contribution < 1.29 is 50.1 Å². The summed E-state index contributed by atoms with van der Waals surface area (Å²) in [6, 6.07) is 0. The number of aliphatic hydroxyl groups is 5. The average molecular weight is 745 g/mol. The van der Waals surface area contributed by atoms with Crippen LogP contribution in [0.5, 0.6) is 0 Å². The predicted octanol–water partition coefficient (Wildman–Crippen LogP) is 8.84. The molecule has 0 fully saturated rings. The van der Waals surface area contributed by atoms with E-state index in [1.807, 2.05) is 0 Å². The van der Waals surface area contributed by atoms with Gasteiger partial charge in [-0.1, -0.05) is 141 Å². The third-order valence-electron chi connectivity index (χ3n) is 8.73. The fraction of sp³-hybridized carbons (Fsp3) is 0.833. The molecule has 4 atom stereocenters. The molecular weight excluding hydrogens is 664 g/mol. The molecule has 0 saturated heterocycles. The molecule has 0 bridgehead atoms. The molecule has 308 valence electrons. The molecule has 0 aliphatic carbocycles. The smallest absolute Gasteiger partial charge is 0.303 e. The Labute approximate surface area is 316 Å². The van der Waals surface area contributed by atoms with Gasteiger partial charge in [-0.2, -0.15) is 0 Å². The van der Waals surface area contributed by atoms with E-state index >= 15 is 0 Å². The fourth-order valence-corrected chi connectivity index (χ4v) is 5.31. The second-order valence-electron chi connectivity index (χ2n) is 13.8. The predicted molar refractivity (Wildman–Crippen MR) is 211 cm³/mol. The normalized spacial score (nSPS) is 13.5. The molecule has 0 aromatic heterocycles. The molecule has 7 N–H and O–H groups in total. The van der Waals surface area contributed by atoms with Crippen LogP contribution < -0.4 is 0 Å². The lowest BCUT2D eigenvalue weighted by Crippen LogP contribution is -2.46. The highest BCUT2D eigenvalue weighted by Crippen LogP contribution is 2.11. The maximum absolute atomic E-state index is 10.3. The SMILES string of the molecule is CCCCCCCC/C=C\CCCCCCCC(=O)O.CCCCCCCC/C=C\CCCCCCCC(=O)O.O=C[C@H](O)[C@@H](O)[C@H](O)[C@H](O)CO. The third-order valence-corrected chi connectivity index (χ3v) is 8.73. The number of aliphatic hydroxyl groups excluding tert-OH is 5. The van der Waals surface area contributed by atoms with Crippen LogP contribution in [0.25, 0.3) is 0 Å². The zero-order chi connectivity index (χ0) is 39.5. The van der Waals surface area contributed by atoms with Crippen LogP contribution >= 0.6 is 0 Å². The van der Waals surface area contributed by atoms with Crippen molar-refractivity contribution >= 4 is 18.2 Å². The van der Waals surface area contributed by atoms with Crippen molar-refractivity contribution in [3.63, 3.8) is 0 Å². The van der Waals surface area contributed by atoms with E-state index in [-0.39, 0.29) is 6.29 Å². The van der Waals surface area contributed by atoms with Crippen LogP contribution in [-0.4, -0.2) is 85.0 Å². The zero-order valence-electron chi connectivity index (χ0n) is 33.1. The van der Waals surface area contributed by atoms with Crippen LogP contribution in [0.3, 0.4) is 0 Å². The standard InChI is InChI=1S/2C18H34O2.C6H12O6/c2*1-2-3-4-5-6-7-8-9-10-11-12-13-14-15-16-17-18(19)20;7-1-3(9)5(11)6(12)4(10)2-8/h2*9-10H,2-8,11-17H2,1H3,(H,19,20);1,3-6,8-12H,2H2/b2*10-9-;/t;;3-,4+,5+,6+/m..0/s1. The van der Waals surface area contributed by atoms with Gasteiger partial charge in [-0.05, 0) is 64.2 Å². The molecule has 0 aliphatic rings. The number of hydrogen-bond donors (Lipinski definition) is 7. The van der Waals surface area contributed by atoms with Gasteiger partial charge in [0.1, 0.15) is 24.4 Å². The first kappa shape index (κ1) is 54.2. The average Bonchev–Trinajstić information content (AvgIpc) is 3.13. The number of allylic oxidation sites excluding steroid dienone is 4. The van der Waals surface area contributed by atoms with Gasteiger partial charge >= 0.3 is 11.9 Å². The molecule has 0 heterocycles. The Kier molecular flexibility index (Phi) is 47.0. The van der Waals surface area contributed by atoms with Crippen LogP contribution in [0.4, 0.5) is 0 Å². The Hall–Kier alpha value is -2.11. The minimum Gasteiger partial charge on any atom is -0.481 e. The highest BCUT2D eigenvalue weighted by Gasteiger charge is 2.29. The minimum absolute atomic E-state index is 0.0258. The topological polar surface area (TPSA) is 193 Å². The molecule has 0 radical (unpaired) electrons. The summed E-state index contributed by atoms with van der Waals surface area (Å²) in [5.41, 5.74) is 0. The Bertz CT molecular complexity index is 767. The van der Waals surface area contributed by atoms with Crippen LogP contribution in [-0.2, 0) is 14.4 Å². The van der Waals surface area contributed by atoms with Gasteiger partial charge in [0.25, 0.3) is 0 Å². The van der Waals surface area contributed by atoms with Crippen LogP contribution in [0.1, 0.15) is 194 Å². The fourth-order valence-electron chi connectivity index (χ4n) is 5.31. The minimum atomic E-state index is -1.79.